The van der Waals surface area contributed by atoms with Gasteiger partial charge in [-0.2, -0.15) is 0 Å². The smallest absolute Gasteiger partial charge is 0.271 e. The molecule has 1 aromatic carbocycles. The van der Waals surface area contributed by atoms with E-state index in [2.05, 4.69) is 10.4 Å². The normalized spacial score (nSPS) is 16.2. The quantitative estimate of drug-likeness (QED) is 0.442. The Balaban J connectivity index is 1.92. The zero-order valence-corrected chi connectivity index (χ0v) is 17.2. The van der Waals surface area contributed by atoms with E-state index in [1.807, 2.05) is 0 Å². The molecule has 1 unspecified atom stereocenters. The minimum absolute atomic E-state index is 0.182. The Morgan fingerprint density at radius 1 is 1.23 bits per heavy atom. The van der Waals surface area contributed by atoms with Crippen molar-refractivity contribution in [1.29, 1.82) is 0 Å². The van der Waals surface area contributed by atoms with Crippen LogP contribution in [0.5, 0.6) is 0 Å². The fraction of sp³-hybridized carbons (Fsp3) is 0.150. The third-order valence-electron chi connectivity index (χ3n) is 4.23. The van der Waals surface area contributed by atoms with Crippen molar-refractivity contribution >= 4 is 52.5 Å². The number of benzene rings is 1. The topological polar surface area (TPSA) is 99.7 Å². The Morgan fingerprint density at radius 2 is 1.93 bits per heavy atom. The van der Waals surface area contributed by atoms with Crippen LogP contribution in [0.25, 0.3) is 0 Å². The third-order valence-corrected chi connectivity index (χ3v) is 4.67. The van der Waals surface area contributed by atoms with Gasteiger partial charge in [0.1, 0.15) is 6.04 Å². The van der Waals surface area contributed by atoms with E-state index in [0.717, 1.165) is 9.91 Å². The van der Waals surface area contributed by atoms with Crippen molar-refractivity contribution in [3.63, 3.8) is 0 Å². The first-order valence-electron chi connectivity index (χ1n) is 8.81. The number of imide groups is 1. The van der Waals surface area contributed by atoms with Gasteiger partial charge in [0.2, 0.25) is 5.91 Å². The van der Waals surface area contributed by atoms with E-state index in [1.54, 1.807) is 13.0 Å². The second-order valence-electron chi connectivity index (χ2n) is 6.31. The SMILES string of the molecule is CC=CC(=O)N(NC(=O)c1cccnc1)C1CC(=O)N(c2cc(Cl)cc(Cl)c2)C1=O. The molecule has 10 heteroatoms. The van der Waals surface area contributed by atoms with Crippen LogP contribution in [0, 0.1) is 0 Å². The average molecular weight is 447 g/mol. The maximum absolute atomic E-state index is 13.0. The number of hydrogen-bond donors (Lipinski definition) is 1. The lowest BCUT2D eigenvalue weighted by Crippen LogP contribution is -2.54. The summed E-state index contributed by atoms with van der Waals surface area (Å²) in [5.74, 6) is -2.56. The number of hydrazine groups is 1. The van der Waals surface area contributed by atoms with Crippen LogP contribution in [-0.2, 0) is 14.4 Å². The molecule has 1 aromatic heterocycles. The molecule has 1 aliphatic heterocycles. The van der Waals surface area contributed by atoms with E-state index in [4.69, 9.17) is 23.2 Å². The highest BCUT2D eigenvalue weighted by Gasteiger charge is 2.45. The number of nitrogens with zero attached hydrogens (tertiary/aromatic N) is 3. The van der Waals surface area contributed by atoms with Crippen molar-refractivity contribution in [3.05, 3.63) is 70.5 Å². The van der Waals surface area contributed by atoms with Crippen LogP contribution < -0.4 is 10.3 Å². The van der Waals surface area contributed by atoms with Crippen molar-refractivity contribution in [1.82, 2.24) is 15.4 Å². The monoisotopic (exact) mass is 446 g/mol. The molecule has 2 heterocycles. The molecule has 4 amide bonds. The fourth-order valence-corrected chi connectivity index (χ4v) is 3.45. The highest BCUT2D eigenvalue weighted by Crippen LogP contribution is 2.30. The Labute approximate surface area is 182 Å². The minimum atomic E-state index is -1.24. The summed E-state index contributed by atoms with van der Waals surface area (Å²) in [4.78, 5) is 55.5. The first-order valence-corrected chi connectivity index (χ1v) is 9.57. The Hall–Kier alpha value is -3.23. The maximum Gasteiger partial charge on any atom is 0.271 e. The number of halogens is 2. The summed E-state index contributed by atoms with van der Waals surface area (Å²) in [5.41, 5.74) is 2.78. The Kier molecular flexibility index (Phi) is 6.49. The molecule has 154 valence electrons. The number of carbonyl (C=O) groups excluding carboxylic acids is 4. The van der Waals surface area contributed by atoms with E-state index in [-0.39, 0.29) is 27.7 Å². The lowest BCUT2D eigenvalue weighted by atomic mass is 10.2. The van der Waals surface area contributed by atoms with Crippen molar-refractivity contribution in [2.75, 3.05) is 4.90 Å². The van der Waals surface area contributed by atoms with Crippen LogP contribution in [0.15, 0.2) is 54.9 Å². The first kappa shape index (κ1) is 21.5. The molecule has 1 N–H and O–H groups in total. The predicted octanol–water partition coefficient (Wildman–Crippen LogP) is 2.77. The number of pyridine rings is 1. The van der Waals surface area contributed by atoms with Gasteiger partial charge in [0.25, 0.3) is 17.7 Å². The standard InChI is InChI=1S/C20H16Cl2N4O4/c1-2-4-17(27)26(24-19(29)12-5-3-6-23-11-12)16-10-18(28)25(20(16)30)15-8-13(21)7-14(22)9-15/h2-9,11,16H,10H2,1H3,(H,24,29). The van der Waals surface area contributed by atoms with Gasteiger partial charge in [0.05, 0.1) is 17.7 Å². The van der Waals surface area contributed by atoms with Gasteiger partial charge >= 0.3 is 0 Å². The van der Waals surface area contributed by atoms with E-state index < -0.39 is 29.7 Å². The van der Waals surface area contributed by atoms with E-state index in [9.17, 15) is 19.2 Å². The van der Waals surface area contributed by atoms with Crippen LogP contribution in [-0.4, -0.2) is 39.7 Å². The van der Waals surface area contributed by atoms with E-state index >= 15 is 0 Å². The summed E-state index contributed by atoms with van der Waals surface area (Å²) < 4.78 is 0. The number of aromatic nitrogens is 1. The van der Waals surface area contributed by atoms with Crippen LogP contribution in [0.1, 0.15) is 23.7 Å². The number of carbonyl (C=O) groups is 4. The summed E-state index contributed by atoms with van der Waals surface area (Å²) in [6, 6.07) is 6.12. The highest BCUT2D eigenvalue weighted by atomic mass is 35.5. The van der Waals surface area contributed by atoms with E-state index in [1.165, 1.54) is 48.8 Å². The molecule has 0 aliphatic carbocycles. The Bertz CT molecular complexity index is 1020. The number of allylic oxidation sites excluding steroid dienone is 1. The molecule has 0 saturated carbocycles. The van der Waals surface area contributed by atoms with Crippen LogP contribution in [0.2, 0.25) is 10.0 Å². The zero-order chi connectivity index (χ0) is 21.8. The average Bonchev–Trinajstić information content (AvgIpc) is 2.99. The molecule has 30 heavy (non-hydrogen) atoms. The molecule has 2 aromatic rings. The lowest BCUT2D eigenvalue weighted by Gasteiger charge is -2.26. The van der Waals surface area contributed by atoms with Crippen molar-refractivity contribution in [2.24, 2.45) is 0 Å². The minimum Gasteiger partial charge on any atom is -0.274 e. The second-order valence-corrected chi connectivity index (χ2v) is 7.18. The molecular formula is C20H16Cl2N4O4. The van der Waals surface area contributed by atoms with Crippen LogP contribution in [0.3, 0.4) is 0 Å². The molecule has 0 radical (unpaired) electrons. The number of amides is 4. The molecule has 0 bridgehead atoms. The predicted molar refractivity (Wildman–Crippen MR) is 111 cm³/mol. The molecule has 8 nitrogen and oxygen atoms in total. The number of hydrogen-bond acceptors (Lipinski definition) is 5. The lowest BCUT2D eigenvalue weighted by molar-refractivity contribution is -0.137. The molecule has 1 saturated heterocycles. The zero-order valence-electron chi connectivity index (χ0n) is 15.7. The molecule has 1 aliphatic rings. The van der Waals surface area contributed by atoms with Crippen LogP contribution >= 0.6 is 23.2 Å². The first-order chi connectivity index (χ1) is 14.3. The summed E-state index contributed by atoms with van der Waals surface area (Å²) in [6.07, 6.45) is 5.13. The molecular weight excluding hydrogens is 431 g/mol. The van der Waals surface area contributed by atoms with Gasteiger partial charge in [0, 0.05) is 28.5 Å². The molecule has 3 rings (SSSR count). The van der Waals surface area contributed by atoms with Gasteiger partial charge in [0.15, 0.2) is 0 Å². The summed E-state index contributed by atoms with van der Waals surface area (Å²) >= 11 is 12.0. The van der Waals surface area contributed by atoms with Crippen molar-refractivity contribution in [3.8, 4) is 0 Å². The largest absolute Gasteiger partial charge is 0.274 e. The van der Waals surface area contributed by atoms with Gasteiger partial charge in [-0.25, -0.2) is 9.91 Å². The molecule has 1 fully saturated rings. The Morgan fingerprint density at radius 3 is 2.53 bits per heavy atom. The van der Waals surface area contributed by atoms with Gasteiger partial charge < -0.3 is 0 Å². The number of rotatable bonds is 4. The summed E-state index contributed by atoms with van der Waals surface area (Å²) in [6.45, 7) is 1.61. The van der Waals surface area contributed by atoms with Gasteiger partial charge in [-0.1, -0.05) is 29.3 Å². The fourth-order valence-electron chi connectivity index (χ4n) is 2.94. The highest BCUT2D eigenvalue weighted by molar-refractivity contribution is 6.35. The van der Waals surface area contributed by atoms with Gasteiger partial charge in [-0.3, -0.25) is 29.6 Å². The summed E-state index contributed by atoms with van der Waals surface area (Å²) in [7, 11) is 0. The maximum atomic E-state index is 13.0. The van der Waals surface area contributed by atoms with Crippen LogP contribution in [0.4, 0.5) is 5.69 Å². The number of anilines is 1. The van der Waals surface area contributed by atoms with Crippen molar-refractivity contribution in [2.45, 2.75) is 19.4 Å². The third kappa shape index (κ3) is 4.50. The number of nitrogens with one attached hydrogen (secondary N) is 1. The van der Waals surface area contributed by atoms with E-state index in [0.29, 0.717) is 0 Å². The second kappa shape index (κ2) is 9.06. The van der Waals surface area contributed by atoms with Crippen molar-refractivity contribution < 1.29 is 19.2 Å². The molecule has 0 spiro atoms. The summed E-state index contributed by atoms with van der Waals surface area (Å²) in [5, 5.41) is 1.34. The van der Waals surface area contributed by atoms with Gasteiger partial charge in [-0.15, -0.1) is 0 Å². The molecule has 1 atom stereocenters. The van der Waals surface area contributed by atoms with Gasteiger partial charge in [-0.05, 0) is 37.3 Å².